The summed E-state index contributed by atoms with van der Waals surface area (Å²) in [6.45, 7) is 5.24. The van der Waals surface area contributed by atoms with Crippen molar-refractivity contribution in [1.29, 1.82) is 0 Å². The monoisotopic (exact) mass is 246 g/mol. The molecule has 0 radical (unpaired) electrons. The number of aromatic nitrogens is 1. The molecule has 0 spiro atoms. The molecule has 0 bridgehead atoms. The lowest BCUT2D eigenvalue weighted by Gasteiger charge is -2.20. The third-order valence-electron chi connectivity index (χ3n) is 1.80. The smallest absolute Gasteiger partial charge is 0.347 e. The molecule has 0 aliphatic heterocycles. The van der Waals surface area contributed by atoms with Crippen molar-refractivity contribution in [2.75, 3.05) is 0 Å². The van der Waals surface area contributed by atoms with Crippen LogP contribution in [0.3, 0.4) is 0 Å². The minimum atomic E-state index is -4.54. The fourth-order valence-electron chi connectivity index (χ4n) is 1.14. The molecule has 1 rings (SSSR count). The van der Waals surface area contributed by atoms with Crippen LogP contribution in [0.4, 0.5) is 13.2 Å². The SMILES string of the molecule is CC(C)(C)NC(=O)c1ccnc(C(F)(F)F)c1. The zero-order valence-corrected chi connectivity index (χ0v) is 9.72. The zero-order chi connectivity index (χ0) is 13.3. The van der Waals surface area contributed by atoms with Gasteiger partial charge < -0.3 is 5.32 Å². The standard InChI is InChI=1S/C11H13F3N2O/c1-10(2,3)16-9(17)7-4-5-15-8(6-7)11(12,13)14/h4-6H,1-3H3,(H,16,17). The van der Waals surface area contributed by atoms with Gasteiger partial charge in [-0.2, -0.15) is 13.2 Å². The molecule has 0 saturated carbocycles. The first kappa shape index (κ1) is 13.5. The molecule has 0 aromatic carbocycles. The molecule has 6 heteroatoms. The van der Waals surface area contributed by atoms with Gasteiger partial charge in [0.15, 0.2) is 0 Å². The van der Waals surface area contributed by atoms with Crippen LogP contribution in [0.1, 0.15) is 36.8 Å². The highest BCUT2D eigenvalue weighted by atomic mass is 19.4. The van der Waals surface area contributed by atoms with Crippen LogP contribution in [0.5, 0.6) is 0 Å². The number of rotatable bonds is 1. The van der Waals surface area contributed by atoms with Crippen LogP contribution in [0.25, 0.3) is 0 Å². The molecule has 94 valence electrons. The Balaban J connectivity index is 2.97. The number of nitrogens with zero attached hydrogens (tertiary/aromatic N) is 1. The molecular weight excluding hydrogens is 233 g/mol. The van der Waals surface area contributed by atoms with Crippen LogP contribution in [-0.4, -0.2) is 16.4 Å². The van der Waals surface area contributed by atoms with Crippen LogP contribution in [0.2, 0.25) is 0 Å². The number of alkyl halides is 3. The maximum absolute atomic E-state index is 12.4. The highest BCUT2D eigenvalue weighted by molar-refractivity contribution is 5.94. The minimum Gasteiger partial charge on any atom is -0.347 e. The minimum absolute atomic E-state index is 0.0535. The number of amides is 1. The van der Waals surface area contributed by atoms with E-state index in [-0.39, 0.29) is 5.56 Å². The molecule has 1 aromatic heterocycles. The van der Waals surface area contributed by atoms with E-state index in [4.69, 9.17) is 0 Å². The number of pyridine rings is 1. The zero-order valence-electron chi connectivity index (χ0n) is 9.72. The lowest BCUT2D eigenvalue weighted by atomic mass is 10.1. The Labute approximate surface area is 97.0 Å². The average Bonchev–Trinajstić information content (AvgIpc) is 2.14. The molecule has 0 saturated heterocycles. The van der Waals surface area contributed by atoms with Gasteiger partial charge in [0.2, 0.25) is 0 Å². The Morgan fingerprint density at radius 1 is 1.29 bits per heavy atom. The highest BCUT2D eigenvalue weighted by Crippen LogP contribution is 2.27. The van der Waals surface area contributed by atoms with Crippen LogP contribution in [0, 0.1) is 0 Å². The van der Waals surface area contributed by atoms with Crippen LogP contribution < -0.4 is 5.32 Å². The van der Waals surface area contributed by atoms with Crippen molar-refractivity contribution >= 4 is 5.91 Å². The molecule has 0 unspecified atom stereocenters. The maximum Gasteiger partial charge on any atom is 0.433 e. The Bertz CT molecular complexity index is 421. The normalized spacial score (nSPS) is 12.4. The van der Waals surface area contributed by atoms with Gasteiger partial charge in [0.1, 0.15) is 5.69 Å². The molecule has 1 heterocycles. The summed E-state index contributed by atoms with van der Waals surface area (Å²) in [5, 5.41) is 2.58. The number of halogens is 3. The van der Waals surface area contributed by atoms with E-state index in [1.807, 2.05) is 0 Å². The lowest BCUT2D eigenvalue weighted by molar-refractivity contribution is -0.141. The van der Waals surface area contributed by atoms with Crippen molar-refractivity contribution in [1.82, 2.24) is 10.3 Å². The number of carbonyl (C=O) groups excluding carboxylic acids is 1. The van der Waals surface area contributed by atoms with Crippen molar-refractivity contribution in [3.8, 4) is 0 Å². The molecular formula is C11H13F3N2O. The van der Waals surface area contributed by atoms with Crippen molar-refractivity contribution in [2.24, 2.45) is 0 Å². The Kier molecular flexibility index (Phi) is 3.45. The molecule has 0 aliphatic carbocycles. The van der Waals surface area contributed by atoms with Crippen LogP contribution >= 0.6 is 0 Å². The number of carbonyl (C=O) groups is 1. The fourth-order valence-corrected chi connectivity index (χ4v) is 1.14. The topological polar surface area (TPSA) is 42.0 Å². The number of hydrogen-bond donors (Lipinski definition) is 1. The van der Waals surface area contributed by atoms with Crippen molar-refractivity contribution in [3.05, 3.63) is 29.6 Å². The van der Waals surface area contributed by atoms with Gasteiger partial charge in [-0.1, -0.05) is 0 Å². The largest absolute Gasteiger partial charge is 0.433 e. The molecule has 3 nitrogen and oxygen atoms in total. The summed E-state index contributed by atoms with van der Waals surface area (Å²) in [6, 6.07) is 1.98. The second-order valence-corrected chi connectivity index (χ2v) is 4.63. The van der Waals surface area contributed by atoms with Gasteiger partial charge in [0.05, 0.1) is 0 Å². The van der Waals surface area contributed by atoms with E-state index in [1.165, 1.54) is 6.07 Å². The van der Waals surface area contributed by atoms with Crippen molar-refractivity contribution < 1.29 is 18.0 Å². The summed E-state index contributed by atoms with van der Waals surface area (Å²) in [7, 11) is 0. The number of nitrogens with one attached hydrogen (secondary N) is 1. The van der Waals surface area contributed by atoms with E-state index in [1.54, 1.807) is 20.8 Å². The van der Waals surface area contributed by atoms with Crippen LogP contribution in [-0.2, 0) is 6.18 Å². The number of hydrogen-bond acceptors (Lipinski definition) is 2. The lowest BCUT2D eigenvalue weighted by Crippen LogP contribution is -2.40. The summed E-state index contributed by atoms with van der Waals surface area (Å²) < 4.78 is 37.1. The van der Waals surface area contributed by atoms with E-state index in [0.29, 0.717) is 0 Å². The Hall–Kier alpha value is -1.59. The maximum atomic E-state index is 12.4. The summed E-state index contributed by atoms with van der Waals surface area (Å²) in [5.74, 6) is -0.551. The predicted molar refractivity (Wildman–Crippen MR) is 56.5 cm³/mol. The summed E-state index contributed by atoms with van der Waals surface area (Å²) in [5.41, 5.74) is -1.63. The van der Waals surface area contributed by atoms with Gasteiger partial charge in [-0.25, -0.2) is 0 Å². The molecule has 1 N–H and O–H groups in total. The first-order chi connectivity index (χ1) is 7.59. The third-order valence-corrected chi connectivity index (χ3v) is 1.80. The van der Waals surface area contributed by atoms with Crippen LogP contribution in [0.15, 0.2) is 18.3 Å². The highest BCUT2D eigenvalue weighted by Gasteiger charge is 2.33. The fraction of sp³-hybridized carbons (Fsp3) is 0.455. The molecule has 1 aromatic rings. The van der Waals surface area contributed by atoms with Crippen molar-refractivity contribution in [2.45, 2.75) is 32.5 Å². The van der Waals surface area contributed by atoms with Gasteiger partial charge in [-0.3, -0.25) is 9.78 Å². The van der Waals surface area contributed by atoms with Gasteiger partial charge in [-0.05, 0) is 32.9 Å². The molecule has 0 aliphatic rings. The summed E-state index contributed by atoms with van der Waals surface area (Å²) in [4.78, 5) is 14.8. The molecule has 1 amide bonds. The van der Waals surface area contributed by atoms with Gasteiger partial charge in [0, 0.05) is 17.3 Å². The first-order valence-corrected chi connectivity index (χ1v) is 4.95. The van der Waals surface area contributed by atoms with E-state index in [9.17, 15) is 18.0 Å². The Morgan fingerprint density at radius 3 is 2.35 bits per heavy atom. The predicted octanol–water partition coefficient (Wildman–Crippen LogP) is 2.63. The van der Waals surface area contributed by atoms with E-state index in [0.717, 1.165) is 12.3 Å². The molecule has 0 fully saturated rings. The summed E-state index contributed by atoms with van der Waals surface area (Å²) >= 11 is 0. The molecule has 17 heavy (non-hydrogen) atoms. The van der Waals surface area contributed by atoms with Gasteiger partial charge in [-0.15, -0.1) is 0 Å². The van der Waals surface area contributed by atoms with Gasteiger partial charge in [0.25, 0.3) is 5.91 Å². The van der Waals surface area contributed by atoms with E-state index >= 15 is 0 Å². The quantitative estimate of drug-likeness (QED) is 0.827. The van der Waals surface area contributed by atoms with E-state index in [2.05, 4.69) is 10.3 Å². The average molecular weight is 246 g/mol. The third kappa shape index (κ3) is 4.05. The Morgan fingerprint density at radius 2 is 1.88 bits per heavy atom. The van der Waals surface area contributed by atoms with Crippen molar-refractivity contribution in [3.63, 3.8) is 0 Å². The van der Waals surface area contributed by atoms with Gasteiger partial charge >= 0.3 is 6.18 Å². The molecule has 0 atom stereocenters. The summed E-state index contributed by atoms with van der Waals surface area (Å²) in [6.07, 6.45) is -3.57. The van der Waals surface area contributed by atoms with E-state index < -0.39 is 23.3 Å². The second-order valence-electron chi connectivity index (χ2n) is 4.63. The first-order valence-electron chi connectivity index (χ1n) is 4.95. The second kappa shape index (κ2) is 4.35.